The highest BCUT2D eigenvalue weighted by molar-refractivity contribution is 7.99. The lowest BCUT2D eigenvalue weighted by molar-refractivity contribution is -0.123. The van der Waals surface area contributed by atoms with Gasteiger partial charge in [0.05, 0.1) is 12.7 Å². The van der Waals surface area contributed by atoms with Crippen molar-refractivity contribution in [3.05, 3.63) is 41.5 Å². The molecule has 0 bridgehead atoms. The first-order valence-corrected chi connectivity index (χ1v) is 13.1. The van der Waals surface area contributed by atoms with Gasteiger partial charge >= 0.3 is 0 Å². The number of hydrogen-bond donors (Lipinski definition) is 2. The van der Waals surface area contributed by atoms with E-state index in [0.29, 0.717) is 41.6 Å². The standard InChI is InChI=1S/C27H36O3S/c1-17-14-19-21-8-9-24(30)26(21,2)12-10-22(19)27(16-28)13-11-23(29)20(25(17)27)15-31-18-6-4-3-5-7-18/h3-7,17,19,21-22,24,28,30H,8-16H2,1-2H3/t17?,19-,21-,22+,24?,26-,27-/m0/s1. The predicted octanol–water partition coefficient (Wildman–Crippen LogP) is 5.26. The summed E-state index contributed by atoms with van der Waals surface area (Å²) < 4.78 is 0. The molecule has 4 aliphatic rings. The molecule has 0 aromatic heterocycles. The topological polar surface area (TPSA) is 57.5 Å². The number of thioether (sulfide) groups is 1. The largest absolute Gasteiger partial charge is 0.395 e. The van der Waals surface area contributed by atoms with Gasteiger partial charge in [-0.15, -0.1) is 11.8 Å². The molecule has 168 valence electrons. The number of aliphatic hydroxyl groups is 2. The molecule has 5 rings (SSSR count). The first-order valence-electron chi connectivity index (χ1n) is 12.1. The Hall–Kier alpha value is -1.10. The molecular weight excluding hydrogens is 404 g/mol. The van der Waals surface area contributed by atoms with Crippen molar-refractivity contribution in [3.8, 4) is 0 Å². The highest BCUT2D eigenvalue weighted by Crippen LogP contribution is 2.66. The molecular formula is C27H36O3S. The molecule has 7 atom stereocenters. The summed E-state index contributed by atoms with van der Waals surface area (Å²) in [5, 5.41) is 21.6. The van der Waals surface area contributed by atoms with E-state index >= 15 is 0 Å². The smallest absolute Gasteiger partial charge is 0.159 e. The minimum atomic E-state index is -0.238. The first-order chi connectivity index (χ1) is 14.9. The molecule has 0 saturated heterocycles. The molecule has 4 heteroatoms. The van der Waals surface area contributed by atoms with Gasteiger partial charge in [-0.1, -0.05) is 37.6 Å². The molecule has 0 amide bonds. The Kier molecular flexibility index (Phi) is 5.64. The number of fused-ring (bicyclic) bond motifs is 5. The maximum absolute atomic E-state index is 13.1. The highest BCUT2D eigenvalue weighted by atomic mass is 32.2. The number of carbonyl (C=O) groups is 1. The third-order valence-corrected chi connectivity index (χ3v) is 10.7. The fourth-order valence-corrected chi connectivity index (χ4v) is 9.14. The quantitative estimate of drug-likeness (QED) is 0.627. The second-order valence-electron chi connectivity index (χ2n) is 10.9. The molecule has 1 aromatic carbocycles. The average molecular weight is 441 g/mol. The molecule has 4 aliphatic carbocycles. The zero-order chi connectivity index (χ0) is 21.8. The van der Waals surface area contributed by atoms with Crippen molar-refractivity contribution in [2.45, 2.75) is 69.8 Å². The Morgan fingerprint density at radius 2 is 1.87 bits per heavy atom. The zero-order valence-electron chi connectivity index (χ0n) is 18.8. The number of aliphatic hydroxyl groups excluding tert-OH is 2. The predicted molar refractivity (Wildman–Crippen MR) is 125 cm³/mol. The van der Waals surface area contributed by atoms with E-state index in [1.54, 1.807) is 11.8 Å². The van der Waals surface area contributed by atoms with Crippen LogP contribution in [0, 0.1) is 34.5 Å². The number of rotatable bonds is 4. The third-order valence-electron chi connectivity index (χ3n) is 9.62. The van der Waals surface area contributed by atoms with Crippen molar-refractivity contribution in [3.63, 3.8) is 0 Å². The molecule has 2 unspecified atom stereocenters. The summed E-state index contributed by atoms with van der Waals surface area (Å²) in [5.41, 5.74) is 2.09. The van der Waals surface area contributed by atoms with Gasteiger partial charge in [0.15, 0.2) is 5.78 Å². The minimum Gasteiger partial charge on any atom is -0.395 e. The van der Waals surface area contributed by atoms with Gasteiger partial charge < -0.3 is 10.2 Å². The fourth-order valence-electron chi connectivity index (χ4n) is 8.16. The zero-order valence-corrected chi connectivity index (χ0v) is 19.7. The van der Waals surface area contributed by atoms with E-state index < -0.39 is 0 Å². The van der Waals surface area contributed by atoms with Crippen LogP contribution in [0.3, 0.4) is 0 Å². The molecule has 0 radical (unpaired) electrons. The maximum atomic E-state index is 13.1. The molecule has 31 heavy (non-hydrogen) atoms. The second kappa shape index (κ2) is 8.04. The Morgan fingerprint density at radius 1 is 1.10 bits per heavy atom. The van der Waals surface area contributed by atoms with Gasteiger partial charge in [0.25, 0.3) is 0 Å². The van der Waals surface area contributed by atoms with Crippen LogP contribution in [0.25, 0.3) is 0 Å². The van der Waals surface area contributed by atoms with Crippen LogP contribution in [0.15, 0.2) is 46.4 Å². The van der Waals surface area contributed by atoms with Crippen molar-refractivity contribution in [2.24, 2.45) is 34.5 Å². The van der Waals surface area contributed by atoms with Crippen LogP contribution in [0.5, 0.6) is 0 Å². The molecule has 0 heterocycles. The summed E-state index contributed by atoms with van der Waals surface area (Å²) in [7, 11) is 0. The average Bonchev–Trinajstić information content (AvgIpc) is 3.08. The number of benzene rings is 1. The fraction of sp³-hybridized carbons (Fsp3) is 0.667. The Morgan fingerprint density at radius 3 is 2.61 bits per heavy atom. The number of carbonyl (C=O) groups excluding carboxylic acids is 1. The van der Waals surface area contributed by atoms with E-state index in [2.05, 4.69) is 26.0 Å². The summed E-state index contributed by atoms with van der Waals surface area (Å²) in [6, 6.07) is 10.3. The van der Waals surface area contributed by atoms with Crippen LogP contribution < -0.4 is 0 Å². The van der Waals surface area contributed by atoms with Crippen molar-refractivity contribution < 1.29 is 15.0 Å². The number of hydrogen-bond acceptors (Lipinski definition) is 4. The maximum Gasteiger partial charge on any atom is 0.159 e. The second-order valence-corrected chi connectivity index (χ2v) is 11.9. The highest BCUT2D eigenvalue weighted by Gasteiger charge is 2.61. The normalized spacial score (nSPS) is 42.2. The molecule has 0 spiro atoms. The molecule has 3 nitrogen and oxygen atoms in total. The van der Waals surface area contributed by atoms with Crippen LogP contribution >= 0.6 is 11.8 Å². The van der Waals surface area contributed by atoms with Crippen LogP contribution in [-0.4, -0.2) is 34.5 Å². The van der Waals surface area contributed by atoms with Crippen LogP contribution in [0.4, 0.5) is 0 Å². The van der Waals surface area contributed by atoms with E-state index in [4.69, 9.17) is 0 Å². The van der Waals surface area contributed by atoms with Gasteiger partial charge in [-0.25, -0.2) is 0 Å². The van der Waals surface area contributed by atoms with Gasteiger partial charge in [-0.3, -0.25) is 4.79 Å². The number of ketones is 1. The van der Waals surface area contributed by atoms with Crippen LogP contribution in [0.1, 0.15) is 58.8 Å². The first kappa shape index (κ1) is 21.7. The summed E-state index contributed by atoms with van der Waals surface area (Å²) in [5.74, 6) is 2.87. The van der Waals surface area contributed by atoms with Gasteiger partial charge in [-0.2, -0.15) is 0 Å². The van der Waals surface area contributed by atoms with E-state index in [9.17, 15) is 15.0 Å². The summed E-state index contributed by atoms with van der Waals surface area (Å²) in [6.45, 7) is 4.76. The Balaban J connectivity index is 1.52. The number of Topliss-reactive ketones (excluding diaryl/α,β-unsaturated/α-hetero) is 1. The summed E-state index contributed by atoms with van der Waals surface area (Å²) in [6.07, 6.45) is 6.43. The van der Waals surface area contributed by atoms with Crippen molar-refractivity contribution in [1.82, 2.24) is 0 Å². The molecule has 1 aromatic rings. The third kappa shape index (κ3) is 3.28. The molecule has 3 fully saturated rings. The van der Waals surface area contributed by atoms with E-state index in [1.807, 2.05) is 18.2 Å². The van der Waals surface area contributed by atoms with Crippen molar-refractivity contribution in [1.29, 1.82) is 0 Å². The van der Waals surface area contributed by atoms with Gasteiger partial charge in [-0.05, 0) is 79.7 Å². The van der Waals surface area contributed by atoms with E-state index in [-0.39, 0.29) is 23.5 Å². The molecule has 2 N–H and O–H groups in total. The van der Waals surface area contributed by atoms with Crippen molar-refractivity contribution in [2.75, 3.05) is 12.4 Å². The van der Waals surface area contributed by atoms with Gasteiger partial charge in [0, 0.05) is 28.1 Å². The van der Waals surface area contributed by atoms with Crippen molar-refractivity contribution >= 4 is 17.5 Å². The van der Waals surface area contributed by atoms with Crippen LogP contribution in [-0.2, 0) is 4.79 Å². The lowest BCUT2D eigenvalue weighted by Gasteiger charge is -2.60. The SMILES string of the molecule is CC1C[C@@H]2[C@@H](CC[C@]3(C)C(O)CC[C@@H]23)[C@@]2(CO)CCC(=O)C(CSc3ccccc3)=C12. The van der Waals surface area contributed by atoms with Gasteiger partial charge in [0.1, 0.15) is 0 Å². The Labute approximate surface area is 190 Å². The molecule has 0 aliphatic heterocycles. The Bertz CT molecular complexity index is 880. The summed E-state index contributed by atoms with van der Waals surface area (Å²) >= 11 is 1.75. The molecule has 3 saturated carbocycles. The summed E-state index contributed by atoms with van der Waals surface area (Å²) in [4.78, 5) is 14.3. The van der Waals surface area contributed by atoms with E-state index in [1.165, 1.54) is 10.5 Å². The van der Waals surface area contributed by atoms with E-state index in [0.717, 1.165) is 44.1 Å². The lowest BCUT2D eigenvalue weighted by Crippen LogP contribution is -2.56. The monoisotopic (exact) mass is 440 g/mol. The van der Waals surface area contributed by atoms with Crippen LogP contribution in [0.2, 0.25) is 0 Å². The minimum absolute atomic E-state index is 0.0369. The lowest BCUT2D eigenvalue weighted by atomic mass is 9.44. The van der Waals surface area contributed by atoms with Gasteiger partial charge in [0.2, 0.25) is 0 Å².